The highest BCUT2D eigenvalue weighted by Gasteiger charge is 2.21. The number of alkyl halides is 1. The molecule has 0 heterocycles. The summed E-state index contributed by atoms with van der Waals surface area (Å²) in [4.78, 5) is -1.38. The summed E-state index contributed by atoms with van der Waals surface area (Å²) < 4.78 is 28.2. The molecule has 0 saturated heterocycles. The molecule has 0 aliphatic heterocycles. The van der Waals surface area contributed by atoms with Crippen molar-refractivity contribution < 1.29 is 13.0 Å². The van der Waals surface area contributed by atoms with E-state index in [0.29, 0.717) is 0 Å². The smallest absolute Gasteiger partial charge is 0.267 e. The summed E-state index contributed by atoms with van der Waals surface area (Å²) >= 11 is 5.26. The van der Waals surface area contributed by atoms with Gasteiger partial charge in [-0.2, -0.15) is 8.42 Å². The Bertz CT molecular complexity index is 180. The van der Waals surface area contributed by atoms with E-state index in [1.165, 1.54) is 6.92 Å². The molecule has 0 rings (SSSR count). The molecule has 6 heteroatoms. The quantitative estimate of drug-likeness (QED) is 0.344. The van der Waals surface area contributed by atoms with Crippen molar-refractivity contribution >= 4 is 21.7 Å². The first-order chi connectivity index (χ1) is 3.71. The van der Waals surface area contributed by atoms with Crippen molar-refractivity contribution in [2.45, 2.75) is 11.9 Å². The number of nitrogens with two attached hydrogens (primary N) is 1. The fraction of sp³-hybridized carbons (Fsp3) is 1.00. The third-order valence-corrected chi connectivity index (χ3v) is 1.72. The van der Waals surface area contributed by atoms with Crippen LogP contribution in [0.1, 0.15) is 6.92 Å². The summed E-state index contributed by atoms with van der Waals surface area (Å²) in [6, 6.07) is 0. The maximum absolute atomic E-state index is 10.0. The summed E-state index contributed by atoms with van der Waals surface area (Å²) in [5.41, 5.74) is 5.05. The Morgan fingerprint density at radius 3 is 2.11 bits per heavy atom. The van der Waals surface area contributed by atoms with Gasteiger partial charge in [0, 0.05) is 0 Å². The Morgan fingerprint density at radius 2 is 2.11 bits per heavy atom. The van der Waals surface area contributed by atoms with Crippen LogP contribution >= 0.6 is 11.6 Å². The van der Waals surface area contributed by atoms with Crippen LogP contribution in [0.2, 0.25) is 0 Å². The first kappa shape index (κ1) is 9.16. The Morgan fingerprint density at radius 1 is 1.78 bits per heavy atom. The summed E-state index contributed by atoms with van der Waals surface area (Å²) in [5.74, 6) is -0.637. The summed E-state index contributed by atoms with van der Waals surface area (Å²) in [7, 11) is -4.04. The van der Waals surface area contributed by atoms with Crippen LogP contribution in [0.5, 0.6) is 0 Å². The molecular weight excluding hydrogens is 166 g/mol. The standard InChI is InChI=1S/C3H8ClNO3S/c1-3(4,5)2-9(6,7)8/h2,5H2,1H3,(H,6,7,8). The summed E-state index contributed by atoms with van der Waals surface area (Å²) in [6.07, 6.45) is 0. The fourth-order valence-corrected chi connectivity index (χ4v) is 1.48. The molecule has 4 nitrogen and oxygen atoms in total. The van der Waals surface area contributed by atoms with E-state index in [1.54, 1.807) is 0 Å². The van der Waals surface area contributed by atoms with E-state index in [1.807, 2.05) is 0 Å². The van der Waals surface area contributed by atoms with Gasteiger partial charge in [0.05, 0.1) is 0 Å². The van der Waals surface area contributed by atoms with Crippen molar-refractivity contribution in [3.05, 3.63) is 0 Å². The molecule has 1 unspecified atom stereocenters. The first-order valence-corrected chi connectivity index (χ1v) is 4.12. The van der Waals surface area contributed by atoms with E-state index in [4.69, 9.17) is 21.9 Å². The van der Waals surface area contributed by atoms with Gasteiger partial charge in [-0.3, -0.25) is 4.55 Å². The topological polar surface area (TPSA) is 80.4 Å². The highest BCUT2D eigenvalue weighted by atomic mass is 35.5. The molecule has 0 amide bonds. The largest absolute Gasteiger partial charge is 0.312 e. The molecule has 9 heavy (non-hydrogen) atoms. The summed E-state index contributed by atoms with van der Waals surface area (Å²) in [5, 5.41) is 0. The maximum atomic E-state index is 10.0. The van der Waals surface area contributed by atoms with Gasteiger partial charge in [0.1, 0.15) is 10.8 Å². The zero-order valence-corrected chi connectivity index (χ0v) is 6.41. The lowest BCUT2D eigenvalue weighted by Gasteiger charge is -2.11. The van der Waals surface area contributed by atoms with Crippen LogP contribution in [0.15, 0.2) is 0 Å². The lowest BCUT2D eigenvalue weighted by Crippen LogP contribution is -2.36. The second kappa shape index (κ2) is 2.42. The van der Waals surface area contributed by atoms with Crippen molar-refractivity contribution in [2.75, 3.05) is 5.75 Å². The Kier molecular flexibility index (Phi) is 2.46. The van der Waals surface area contributed by atoms with Crippen LogP contribution in [-0.2, 0) is 10.1 Å². The van der Waals surface area contributed by atoms with Crippen LogP contribution in [0.4, 0.5) is 0 Å². The van der Waals surface area contributed by atoms with E-state index in [2.05, 4.69) is 0 Å². The van der Waals surface area contributed by atoms with E-state index in [9.17, 15) is 8.42 Å². The third kappa shape index (κ3) is 8.16. The van der Waals surface area contributed by atoms with E-state index in [0.717, 1.165) is 0 Å². The zero-order valence-electron chi connectivity index (χ0n) is 4.83. The molecule has 1 atom stereocenters. The fourth-order valence-electron chi connectivity index (χ4n) is 0.357. The van der Waals surface area contributed by atoms with E-state index < -0.39 is 20.9 Å². The van der Waals surface area contributed by atoms with Crippen LogP contribution in [0, 0.1) is 0 Å². The molecule has 0 bridgehead atoms. The average Bonchev–Trinajstić information content (AvgIpc) is 1.14. The lowest BCUT2D eigenvalue weighted by atomic mass is 10.4. The molecular formula is C3H8ClNO3S. The van der Waals surface area contributed by atoms with E-state index in [-0.39, 0.29) is 0 Å². The highest BCUT2D eigenvalue weighted by molar-refractivity contribution is 7.85. The SMILES string of the molecule is CC(N)(Cl)CS(=O)(=O)O. The van der Waals surface area contributed by atoms with Crippen LogP contribution < -0.4 is 5.73 Å². The van der Waals surface area contributed by atoms with Crippen LogP contribution in [-0.4, -0.2) is 23.7 Å². The van der Waals surface area contributed by atoms with Gasteiger partial charge in [0.2, 0.25) is 0 Å². The predicted molar refractivity (Wildman–Crippen MR) is 34.9 cm³/mol. The van der Waals surface area contributed by atoms with E-state index >= 15 is 0 Å². The second-order valence-electron chi connectivity index (χ2n) is 2.00. The van der Waals surface area contributed by atoms with Crippen molar-refractivity contribution in [3.8, 4) is 0 Å². The van der Waals surface area contributed by atoms with Crippen molar-refractivity contribution in [1.29, 1.82) is 0 Å². The Balaban J connectivity index is 4.07. The number of hydrogen-bond acceptors (Lipinski definition) is 3. The minimum atomic E-state index is -4.04. The van der Waals surface area contributed by atoms with Crippen molar-refractivity contribution in [1.82, 2.24) is 0 Å². The minimum absolute atomic E-state index is 0.637. The Labute approximate surface area is 58.7 Å². The molecule has 0 aromatic rings. The number of rotatable bonds is 2. The molecule has 56 valence electrons. The lowest BCUT2D eigenvalue weighted by molar-refractivity contribution is 0.475. The molecule has 0 aromatic carbocycles. The van der Waals surface area contributed by atoms with Gasteiger partial charge >= 0.3 is 0 Å². The van der Waals surface area contributed by atoms with Gasteiger partial charge in [-0.05, 0) is 6.92 Å². The minimum Gasteiger partial charge on any atom is -0.312 e. The number of halogens is 1. The molecule has 0 aliphatic rings. The van der Waals surface area contributed by atoms with Gasteiger partial charge in [0.15, 0.2) is 0 Å². The summed E-state index contributed by atoms with van der Waals surface area (Å²) in [6.45, 7) is 1.29. The van der Waals surface area contributed by atoms with Crippen molar-refractivity contribution in [2.24, 2.45) is 5.73 Å². The maximum Gasteiger partial charge on any atom is 0.267 e. The second-order valence-corrected chi connectivity index (χ2v) is 4.32. The molecule has 0 saturated carbocycles. The zero-order chi connectivity index (χ0) is 7.71. The molecule has 0 aliphatic carbocycles. The van der Waals surface area contributed by atoms with Gasteiger partial charge in [-0.1, -0.05) is 0 Å². The normalized spacial score (nSPS) is 19.1. The van der Waals surface area contributed by atoms with Crippen LogP contribution in [0.25, 0.3) is 0 Å². The van der Waals surface area contributed by atoms with Crippen molar-refractivity contribution in [3.63, 3.8) is 0 Å². The van der Waals surface area contributed by atoms with Gasteiger partial charge in [-0.25, -0.2) is 0 Å². The average molecular weight is 174 g/mol. The molecule has 0 aromatic heterocycles. The van der Waals surface area contributed by atoms with Gasteiger partial charge in [-0.15, -0.1) is 11.6 Å². The number of hydrogen-bond donors (Lipinski definition) is 2. The first-order valence-electron chi connectivity index (χ1n) is 2.14. The Hall–Kier alpha value is 0.160. The highest BCUT2D eigenvalue weighted by Crippen LogP contribution is 2.07. The molecule has 0 radical (unpaired) electrons. The van der Waals surface area contributed by atoms with Gasteiger partial charge in [0.25, 0.3) is 10.1 Å². The van der Waals surface area contributed by atoms with Crippen LogP contribution in [0.3, 0.4) is 0 Å². The van der Waals surface area contributed by atoms with Gasteiger partial charge < -0.3 is 5.73 Å². The molecule has 0 fully saturated rings. The molecule has 0 spiro atoms. The predicted octanol–water partition coefficient (Wildman–Crippen LogP) is -0.212. The third-order valence-electron chi connectivity index (χ3n) is 0.465. The monoisotopic (exact) mass is 173 g/mol. The molecule has 3 N–H and O–H groups in total.